The second-order valence-corrected chi connectivity index (χ2v) is 7.18. The average molecular weight is 413 g/mol. The third kappa shape index (κ3) is 4.63. The van der Waals surface area contributed by atoms with Crippen molar-refractivity contribution >= 4 is 44.8 Å². The Labute approximate surface area is 150 Å². The zero-order valence-electron chi connectivity index (χ0n) is 12.1. The Bertz CT molecular complexity index is 947. The van der Waals surface area contributed by atoms with Gasteiger partial charge in [-0.15, -0.1) is 0 Å². The van der Waals surface area contributed by atoms with Gasteiger partial charge in [0, 0.05) is 5.56 Å². The second-order valence-electron chi connectivity index (χ2n) is 4.84. The summed E-state index contributed by atoms with van der Waals surface area (Å²) < 4.78 is 61.0. The van der Waals surface area contributed by atoms with Crippen LogP contribution in [-0.2, 0) is 16.2 Å². The number of benzene rings is 2. The Morgan fingerprint density at radius 1 is 1.04 bits per heavy atom. The molecule has 2 aromatic carbocycles. The third-order valence-electron chi connectivity index (χ3n) is 3.04. The van der Waals surface area contributed by atoms with Crippen molar-refractivity contribution < 1.29 is 26.4 Å². The SMILES string of the molecule is NS(=O)(=O)c1cc(C(=O)Nc2cc(C(F)(F)F)ccc2Cl)ccc1Cl. The van der Waals surface area contributed by atoms with Gasteiger partial charge >= 0.3 is 6.18 Å². The number of sulfonamides is 1. The fourth-order valence-corrected chi connectivity index (χ4v) is 3.09. The van der Waals surface area contributed by atoms with Crippen molar-refractivity contribution in [2.75, 3.05) is 5.32 Å². The molecule has 0 aliphatic rings. The Balaban J connectivity index is 2.38. The van der Waals surface area contributed by atoms with Crippen molar-refractivity contribution in [3.63, 3.8) is 0 Å². The van der Waals surface area contributed by atoms with Crippen molar-refractivity contribution in [3.8, 4) is 0 Å². The molecule has 0 saturated carbocycles. The fraction of sp³-hybridized carbons (Fsp3) is 0.0714. The van der Waals surface area contributed by atoms with Crippen LogP contribution >= 0.6 is 23.2 Å². The number of carbonyl (C=O) groups is 1. The number of nitrogens with one attached hydrogen (secondary N) is 1. The van der Waals surface area contributed by atoms with E-state index in [9.17, 15) is 26.4 Å². The average Bonchev–Trinajstić information content (AvgIpc) is 2.47. The molecular formula is C14H9Cl2F3N2O3S. The van der Waals surface area contributed by atoms with Crippen molar-refractivity contribution in [3.05, 3.63) is 57.6 Å². The first-order valence-corrected chi connectivity index (χ1v) is 8.70. The van der Waals surface area contributed by atoms with Gasteiger partial charge in [-0.05, 0) is 36.4 Å². The van der Waals surface area contributed by atoms with E-state index < -0.39 is 32.6 Å². The van der Waals surface area contributed by atoms with Gasteiger partial charge in [0.05, 0.1) is 21.3 Å². The van der Waals surface area contributed by atoms with Gasteiger partial charge in [0.15, 0.2) is 0 Å². The van der Waals surface area contributed by atoms with Crippen LogP contribution in [0, 0.1) is 0 Å². The summed E-state index contributed by atoms with van der Waals surface area (Å²) in [5.74, 6) is -0.886. The zero-order chi connectivity index (χ0) is 19.0. The number of nitrogens with two attached hydrogens (primary N) is 1. The largest absolute Gasteiger partial charge is 0.416 e. The molecule has 0 bridgehead atoms. The van der Waals surface area contributed by atoms with Crippen LogP contribution < -0.4 is 10.5 Å². The van der Waals surface area contributed by atoms with Crippen LogP contribution in [0.5, 0.6) is 0 Å². The molecule has 0 heterocycles. The number of hydrogen-bond donors (Lipinski definition) is 2. The van der Waals surface area contributed by atoms with E-state index in [2.05, 4.69) is 5.32 Å². The maximum Gasteiger partial charge on any atom is 0.416 e. The maximum atomic E-state index is 12.7. The molecule has 3 N–H and O–H groups in total. The van der Waals surface area contributed by atoms with Crippen LogP contribution in [0.2, 0.25) is 10.0 Å². The monoisotopic (exact) mass is 412 g/mol. The highest BCUT2D eigenvalue weighted by Crippen LogP contribution is 2.34. The molecular weight excluding hydrogens is 404 g/mol. The summed E-state index contributed by atoms with van der Waals surface area (Å²) in [4.78, 5) is 11.7. The summed E-state index contributed by atoms with van der Waals surface area (Å²) in [5.41, 5.74) is -1.47. The summed E-state index contributed by atoms with van der Waals surface area (Å²) in [6.07, 6.45) is -4.62. The Morgan fingerprint density at radius 2 is 1.64 bits per heavy atom. The fourth-order valence-electron chi connectivity index (χ4n) is 1.85. The van der Waals surface area contributed by atoms with Gasteiger partial charge in [0.25, 0.3) is 5.91 Å². The lowest BCUT2D eigenvalue weighted by Crippen LogP contribution is -2.17. The van der Waals surface area contributed by atoms with Gasteiger partial charge < -0.3 is 5.32 Å². The van der Waals surface area contributed by atoms with Crippen molar-refractivity contribution in [1.29, 1.82) is 0 Å². The molecule has 1 amide bonds. The molecule has 134 valence electrons. The number of carbonyl (C=O) groups excluding carboxylic acids is 1. The molecule has 5 nitrogen and oxygen atoms in total. The molecule has 11 heteroatoms. The standard InChI is InChI=1S/C14H9Cl2F3N2O3S/c15-9-4-2-8(14(17,18)19)6-11(9)21-13(22)7-1-3-10(16)12(5-7)25(20,23)24/h1-6H,(H,21,22)(H2,20,23,24). The number of primary sulfonamides is 1. The molecule has 2 rings (SSSR count). The third-order valence-corrected chi connectivity index (χ3v) is 4.76. The van der Waals surface area contributed by atoms with Gasteiger partial charge in [-0.25, -0.2) is 13.6 Å². The van der Waals surface area contributed by atoms with Crippen LogP contribution in [0.25, 0.3) is 0 Å². The van der Waals surface area contributed by atoms with E-state index in [0.717, 1.165) is 24.3 Å². The van der Waals surface area contributed by atoms with E-state index >= 15 is 0 Å². The number of halogens is 5. The number of amides is 1. The Morgan fingerprint density at radius 3 is 2.20 bits per heavy atom. The van der Waals surface area contributed by atoms with Crippen LogP contribution in [0.3, 0.4) is 0 Å². The van der Waals surface area contributed by atoms with Crippen LogP contribution in [0.15, 0.2) is 41.3 Å². The first kappa shape index (κ1) is 19.5. The topological polar surface area (TPSA) is 89.3 Å². The van der Waals surface area contributed by atoms with Crippen molar-refractivity contribution in [2.24, 2.45) is 5.14 Å². The van der Waals surface area contributed by atoms with E-state index in [1.54, 1.807) is 0 Å². The van der Waals surface area contributed by atoms with Gasteiger partial charge in [-0.3, -0.25) is 4.79 Å². The van der Waals surface area contributed by atoms with E-state index in [4.69, 9.17) is 28.3 Å². The van der Waals surface area contributed by atoms with Crippen LogP contribution in [-0.4, -0.2) is 14.3 Å². The summed E-state index contributed by atoms with van der Waals surface area (Å²) in [6, 6.07) is 5.64. The highest BCUT2D eigenvalue weighted by Gasteiger charge is 2.31. The van der Waals surface area contributed by atoms with Crippen molar-refractivity contribution in [1.82, 2.24) is 0 Å². The molecule has 0 saturated heterocycles. The lowest BCUT2D eigenvalue weighted by Gasteiger charge is -2.12. The highest BCUT2D eigenvalue weighted by atomic mass is 35.5. The van der Waals surface area contributed by atoms with Crippen molar-refractivity contribution in [2.45, 2.75) is 11.1 Å². The summed E-state index contributed by atoms with van der Waals surface area (Å²) in [5, 5.41) is 6.85. The maximum absolute atomic E-state index is 12.7. The zero-order valence-corrected chi connectivity index (χ0v) is 14.4. The first-order chi connectivity index (χ1) is 11.4. The minimum Gasteiger partial charge on any atom is -0.321 e. The number of anilines is 1. The number of rotatable bonds is 3. The number of hydrogen-bond acceptors (Lipinski definition) is 3. The minimum atomic E-state index is -4.62. The highest BCUT2D eigenvalue weighted by molar-refractivity contribution is 7.89. The van der Waals surface area contributed by atoms with E-state index in [0.29, 0.717) is 6.07 Å². The first-order valence-electron chi connectivity index (χ1n) is 6.40. The summed E-state index contributed by atoms with van der Waals surface area (Å²) in [7, 11) is -4.18. The molecule has 0 aromatic heterocycles. The molecule has 0 spiro atoms. The molecule has 25 heavy (non-hydrogen) atoms. The van der Waals surface area contributed by atoms with Gasteiger partial charge in [0.1, 0.15) is 4.90 Å². The van der Waals surface area contributed by atoms with Crippen LogP contribution in [0.1, 0.15) is 15.9 Å². The molecule has 0 aliphatic carbocycles. The molecule has 2 aromatic rings. The van der Waals surface area contributed by atoms with E-state index in [1.807, 2.05) is 0 Å². The molecule has 0 aliphatic heterocycles. The van der Waals surface area contributed by atoms with E-state index in [1.165, 1.54) is 6.07 Å². The molecule has 0 atom stereocenters. The second kappa shape index (κ2) is 6.83. The lowest BCUT2D eigenvalue weighted by molar-refractivity contribution is -0.137. The van der Waals surface area contributed by atoms with Crippen LogP contribution in [0.4, 0.5) is 18.9 Å². The summed E-state index contributed by atoms with van der Waals surface area (Å²) >= 11 is 11.5. The number of alkyl halides is 3. The Kier molecular flexibility index (Phi) is 5.33. The molecule has 0 unspecified atom stereocenters. The normalized spacial score (nSPS) is 12.1. The lowest BCUT2D eigenvalue weighted by atomic mass is 10.1. The molecule has 0 fully saturated rings. The minimum absolute atomic E-state index is 0.123. The quantitative estimate of drug-likeness (QED) is 0.800. The smallest absolute Gasteiger partial charge is 0.321 e. The predicted octanol–water partition coefficient (Wildman–Crippen LogP) is 3.91. The van der Waals surface area contributed by atoms with Gasteiger partial charge in [-0.2, -0.15) is 13.2 Å². The molecule has 0 radical (unpaired) electrons. The van der Waals surface area contributed by atoms with Gasteiger partial charge in [-0.1, -0.05) is 23.2 Å². The van der Waals surface area contributed by atoms with Gasteiger partial charge in [0.2, 0.25) is 10.0 Å². The van der Waals surface area contributed by atoms with E-state index in [-0.39, 0.29) is 21.3 Å². The Hall–Kier alpha value is -1.81. The summed E-state index contributed by atoms with van der Waals surface area (Å²) in [6.45, 7) is 0. The predicted molar refractivity (Wildman–Crippen MR) is 87.2 cm³/mol.